The maximum absolute atomic E-state index is 14.1. The zero-order chi connectivity index (χ0) is 29.3. The summed E-state index contributed by atoms with van der Waals surface area (Å²) in [6, 6.07) is 17.8. The van der Waals surface area contributed by atoms with Crippen molar-refractivity contribution >= 4 is 28.9 Å². The van der Waals surface area contributed by atoms with Crippen LogP contribution in [0.25, 0.3) is 5.69 Å². The smallest absolute Gasteiger partial charge is 0.352 e. The Labute approximate surface area is 240 Å². The van der Waals surface area contributed by atoms with Crippen LogP contribution in [0.3, 0.4) is 0 Å². The summed E-state index contributed by atoms with van der Waals surface area (Å²) in [5, 5.41) is 6.33. The van der Waals surface area contributed by atoms with Gasteiger partial charge in [0.05, 0.1) is 29.0 Å². The van der Waals surface area contributed by atoms with Crippen molar-refractivity contribution in [3.8, 4) is 5.69 Å². The molecular formula is C30H27F4N5OS. The van der Waals surface area contributed by atoms with E-state index in [0.29, 0.717) is 10.8 Å². The number of rotatable bonds is 7. The van der Waals surface area contributed by atoms with Crippen molar-refractivity contribution in [3.05, 3.63) is 113 Å². The molecule has 6 nitrogen and oxygen atoms in total. The van der Waals surface area contributed by atoms with Gasteiger partial charge in [-0.2, -0.15) is 13.2 Å². The van der Waals surface area contributed by atoms with E-state index in [1.807, 2.05) is 36.9 Å². The number of nitrogens with zero attached hydrogens (tertiary/aromatic N) is 3. The molecule has 0 saturated carbocycles. The Hall–Kier alpha value is -4.25. The average Bonchev–Trinajstić information content (AvgIpc) is 3.43. The second-order valence-corrected chi connectivity index (χ2v) is 10.2. The van der Waals surface area contributed by atoms with E-state index in [1.165, 1.54) is 24.3 Å². The topological polar surface area (TPSA) is 62.2 Å². The number of amides is 1. The van der Waals surface area contributed by atoms with Gasteiger partial charge < -0.3 is 20.1 Å². The van der Waals surface area contributed by atoms with Gasteiger partial charge in [0, 0.05) is 36.2 Å². The molecule has 0 spiro atoms. The van der Waals surface area contributed by atoms with Gasteiger partial charge in [-0.3, -0.25) is 9.78 Å². The number of hydrogen-bond acceptors (Lipinski definition) is 3. The van der Waals surface area contributed by atoms with Gasteiger partial charge in [-0.05, 0) is 80.2 Å². The highest BCUT2D eigenvalue weighted by Crippen LogP contribution is 2.42. The van der Waals surface area contributed by atoms with E-state index in [-0.39, 0.29) is 30.6 Å². The SMILES string of the molecule is Cc1cc([C@H]2[C@H](c3ccccn3)NC(=S)N2CCC(=O)Nc2ccccc2F)c(C)n1-c1cccc(C(F)(F)F)c1. The molecule has 2 atom stereocenters. The number of alkyl halides is 3. The van der Waals surface area contributed by atoms with E-state index in [2.05, 4.69) is 15.6 Å². The maximum atomic E-state index is 14.1. The molecule has 11 heteroatoms. The molecule has 0 unspecified atom stereocenters. The Morgan fingerprint density at radius 2 is 1.80 bits per heavy atom. The van der Waals surface area contributed by atoms with E-state index in [1.54, 1.807) is 29.0 Å². The lowest BCUT2D eigenvalue weighted by Crippen LogP contribution is -2.33. The normalized spacial score (nSPS) is 17.0. The highest BCUT2D eigenvalue weighted by molar-refractivity contribution is 7.80. The van der Waals surface area contributed by atoms with Gasteiger partial charge in [-0.15, -0.1) is 0 Å². The summed E-state index contributed by atoms with van der Waals surface area (Å²) in [6.45, 7) is 3.90. The minimum absolute atomic E-state index is 0.0218. The number of thiocarbonyl (C=S) groups is 1. The van der Waals surface area contributed by atoms with Gasteiger partial charge in [0.25, 0.3) is 0 Å². The molecule has 2 N–H and O–H groups in total. The fourth-order valence-electron chi connectivity index (χ4n) is 5.29. The third-order valence-corrected chi connectivity index (χ3v) is 7.50. The number of pyridine rings is 1. The predicted octanol–water partition coefficient (Wildman–Crippen LogP) is 6.65. The first-order chi connectivity index (χ1) is 19.5. The number of aryl methyl sites for hydroxylation is 1. The van der Waals surface area contributed by atoms with Gasteiger partial charge in [-0.1, -0.05) is 24.3 Å². The summed E-state index contributed by atoms with van der Waals surface area (Å²) >= 11 is 5.70. The third kappa shape index (κ3) is 5.81. The minimum atomic E-state index is -4.47. The Bertz CT molecular complexity index is 1590. The van der Waals surface area contributed by atoms with Crippen LogP contribution in [-0.2, 0) is 11.0 Å². The number of carbonyl (C=O) groups excluding carboxylic acids is 1. The molecule has 0 bridgehead atoms. The molecule has 1 aliphatic rings. The Kier molecular flexibility index (Phi) is 7.81. The van der Waals surface area contributed by atoms with Crippen molar-refractivity contribution < 1.29 is 22.4 Å². The number of carbonyl (C=O) groups is 1. The Morgan fingerprint density at radius 1 is 1.05 bits per heavy atom. The first kappa shape index (κ1) is 28.3. The van der Waals surface area contributed by atoms with Gasteiger partial charge in [0.15, 0.2) is 5.11 Å². The highest BCUT2D eigenvalue weighted by atomic mass is 32.1. The second kappa shape index (κ2) is 11.3. The number of benzene rings is 2. The summed E-state index contributed by atoms with van der Waals surface area (Å²) < 4.78 is 56.3. The van der Waals surface area contributed by atoms with Crippen molar-refractivity contribution in [2.24, 2.45) is 0 Å². The van der Waals surface area contributed by atoms with Crippen molar-refractivity contribution in [2.75, 3.05) is 11.9 Å². The Balaban J connectivity index is 1.49. The molecule has 1 saturated heterocycles. The highest BCUT2D eigenvalue weighted by Gasteiger charge is 2.41. The van der Waals surface area contributed by atoms with Gasteiger partial charge in [0.2, 0.25) is 5.91 Å². The Morgan fingerprint density at radius 3 is 2.51 bits per heavy atom. The zero-order valence-corrected chi connectivity index (χ0v) is 23.1. The molecule has 4 aromatic rings. The summed E-state index contributed by atoms with van der Waals surface area (Å²) in [4.78, 5) is 19.2. The molecule has 1 fully saturated rings. The van der Waals surface area contributed by atoms with Crippen LogP contribution in [0.1, 0.15) is 46.7 Å². The summed E-state index contributed by atoms with van der Waals surface area (Å²) in [7, 11) is 0. The van der Waals surface area contributed by atoms with Crippen LogP contribution in [0.2, 0.25) is 0 Å². The molecular weight excluding hydrogens is 554 g/mol. The van der Waals surface area contributed by atoms with Crippen molar-refractivity contribution in [1.82, 2.24) is 19.8 Å². The van der Waals surface area contributed by atoms with Crippen LogP contribution in [0.15, 0.2) is 79.0 Å². The third-order valence-electron chi connectivity index (χ3n) is 7.15. The number of nitrogens with one attached hydrogen (secondary N) is 2. The summed E-state index contributed by atoms with van der Waals surface area (Å²) in [5.74, 6) is -0.915. The van der Waals surface area contributed by atoms with Crippen LogP contribution in [-0.4, -0.2) is 32.0 Å². The fourth-order valence-corrected chi connectivity index (χ4v) is 5.62. The summed E-state index contributed by atoms with van der Waals surface area (Å²) in [6.07, 6.45) is -2.78. The number of anilines is 1. The quantitative estimate of drug-likeness (QED) is 0.189. The lowest BCUT2D eigenvalue weighted by molar-refractivity contribution is -0.137. The minimum Gasteiger partial charge on any atom is -0.352 e. The van der Waals surface area contributed by atoms with E-state index in [4.69, 9.17) is 12.2 Å². The molecule has 1 amide bonds. The van der Waals surface area contributed by atoms with Crippen molar-refractivity contribution in [3.63, 3.8) is 0 Å². The van der Waals surface area contributed by atoms with Crippen LogP contribution in [0, 0.1) is 19.7 Å². The van der Waals surface area contributed by atoms with E-state index in [9.17, 15) is 22.4 Å². The van der Waals surface area contributed by atoms with Crippen molar-refractivity contribution in [1.29, 1.82) is 0 Å². The lowest BCUT2D eigenvalue weighted by Gasteiger charge is -2.28. The molecule has 5 rings (SSSR count). The van der Waals surface area contributed by atoms with Crippen LogP contribution < -0.4 is 10.6 Å². The van der Waals surface area contributed by atoms with Crippen LogP contribution in [0.5, 0.6) is 0 Å². The molecule has 2 aromatic heterocycles. The standard InChI is InChI=1S/C30H27F4N5OS/c1-18-16-22(19(2)39(18)21-9-7-8-20(17-21)30(32,33)34)28-27(25-12-5-6-14-35-25)37-29(41)38(28)15-13-26(40)36-24-11-4-3-10-23(24)31/h3-12,14,16-17,27-28H,13,15H2,1-2H3,(H,36,40)(H,37,41)/t27-,28-/m0/s1. The van der Waals surface area contributed by atoms with E-state index >= 15 is 0 Å². The van der Waals surface area contributed by atoms with Crippen LogP contribution >= 0.6 is 12.2 Å². The molecule has 0 radical (unpaired) electrons. The number of hydrogen-bond donors (Lipinski definition) is 2. The first-order valence-electron chi connectivity index (χ1n) is 12.9. The molecule has 41 heavy (non-hydrogen) atoms. The second-order valence-electron chi connectivity index (χ2n) is 9.81. The molecule has 2 aromatic carbocycles. The molecule has 0 aliphatic carbocycles. The van der Waals surface area contributed by atoms with E-state index in [0.717, 1.165) is 34.8 Å². The summed E-state index contributed by atoms with van der Waals surface area (Å²) in [5.41, 5.74) is 2.78. The number of aromatic nitrogens is 2. The van der Waals surface area contributed by atoms with E-state index < -0.39 is 23.6 Å². The van der Waals surface area contributed by atoms with Crippen molar-refractivity contribution in [2.45, 2.75) is 38.5 Å². The maximum Gasteiger partial charge on any atom is 0.416 e. The number of halogens is 4. The molecule has 3 heterocycles. The zero-order valence-electron chi connectivity index (χ0n) is 22.2. The van der Waals surface area contributed by atoms with Gasteiger partial charge in [0.1, 0.15) is 5.82 Å². The molecule has 212 valence electrons. The fraction of sp³-hybridized carbons (Fsp3) is 0.233. The first-order valence-corrected chi connectivity index (χ1v) is 13.3. The van der Waals surface area contributed by atoms with Gasteiger partial charge >= 0.3 is 6.18 Å². The average molecular weight is 582 g/mol. The van der Waals surface area contributed by atoms with Gasteiger partial charge in [-0.25, -0.2) is 4.39 Å². The lowest BCUT2D eigenvalue weighted by atomic mass is 9.96. The largest absolute Gasteiger partial charge is 0.416 e. The monoisotopic (exact) mass is 581 g/mol. The number of para-hydroxylation sites is 1. The molecule has 1 aliphatic heterocycles. The predicted molar refractivity (Wildman–Crippen MR) is 152 cm³/mol. The van der Waals surface area contributed by atoms with Crippen LogP contribution in [0.4, 0.5) is 23.2 Å².